The van der Waals surface area contributed by atoms with Crippen LogP contribution in [0, 0.1) is 11.8 Å². The highest BCUT2D eigenvalue weighted by molar-refractivity contribution is 5.85. The molecule has 1 fully saturated rings. The van der Waals surface area contributed by atoms with E-state index in [0.717, 1.165) is 25.9 Å². The first-order valence-electron chi connectivity index (χ1n) is 7.07. The topological polar surface area (TPSA) is 59.2 Å². The highest BCUT2D eigenvalue weighted by Gasteiger charge is 2.27. The minimum atomic E-state index is 0. The average molecular weight is 298 g/mol. The zero-order valence-corrected chi connectivity index (χ0v) is 12.8. The summed E-state index contributed by atoms with van der Waals surface area (Å²) in [4.78, 5) is 18.2. The van der Waals surface area contributed by atoms with Crippen LogP contribution in [-0.4, -0.2) is 35.4 Å². The molecule has 1 aromatic heterocycles. The van der Waals surface area contributed by atoms with Crippen molar-refractivity contribution in [3.05, 3.63) is 30.1 Å². The van der Waals surface area contributed by atoms with Crippen LogP contribution in [0.2, 0.25) is 0 Å². The van der Waals surface area contributed by atoms with Crippen LogP contribution in [0.5, 0.6) is 0 Å². The number of likely N-dealkylation sites (tertiary alicyclic amines) is 1. The molecule has 0 radical (unpaired) electrons. The number of carbonyl (C=O) groups excluding carboxylic acids is 1. The van der Waals surface area contributed by atoms with Gasteiger partial charge in [0.25, 0.3) is 0 Å². The van der Waals surface area contributed by atoms with Crippen molar-refractivity contribution < 1.29 is 4.79 Å². The van der Waals surface area contributed by atoms with Crippen LogP contribution in [0.15, 0.2) is 24.5 Å². The molecule has 112 valence electrons. The lowest BCUT2D eigenvalue weighted by Crippen LogP contribution is -2.45. The molecule has 1 aromatic rings. The fourth-order valence-corrected chi connectivity index (χ4v) is 2.64. The smallest absolute Gasteiger partial charge is 0.222 e. The van der Waals surface area contributed by atoms with E-state index in [1.807, 2.05) is 17.0 Å². The number of nitrogens with zero attached hydrogens (tertiary/aromatic N) is 2. The third kappa shape index (κ3) is 4.46. The number of hydrogen-bond acceptors (Lipinski definition) is 3. The van der Waals surface area contributed by atoms with Gasteiger partial charge in [-0.15, -0.1) is 12.4 Å². The number of pyridine rings is 1. The van der Waals surface area contributed by atoms with Crippen LogP contribution in [0.3, 0.4) is 0 Å². The second-order valence-electron chi connectivity index (χ2n) is 5.46. The van der Waals surface area contributed by atoms with Crippen LogP contribution in [-0.2, 0) is 11.2 Å². The summed E-state index contributed by atoms with van der Waals surface area (Å²) in [7, 11) is 0. The summed E-state index contributed by atoms with van der Waals surface area (Å²) in [6.45, 7) is 4.62. The number of rotatable bonds is 4. The van der Waals surface area contributed by atoms with Crippen molar-refractivity contribution in [3.8, 4) is 0 Å². The van der Waals surface area contributed by atoms with Crippen molar-refractivity contribution in [1.82, 2.24) is 9.88 Å². The molecule has 2 N–H and O–H groups in total. The van der Waals surface area contributed by atoms with E-state index in [-0.39, 0.29) is 18.3 Å². The maximum atomic E-state index is 12.2. The Bertz CT molecular complexity index is 413. The predicted octanol–water partition coefficient (Wildman–Crippen LogP) is 1.88. The van der Waals surface area contributed by atoms with Gasteiger partial charge in [0, 0.05) is 31.9 Å². The van der Waals surface area contributed by atoms with Gasteiger partial charge >= 0.3 is 0 Å². The van der Waals surface area contributed by atoms with E-state index >= 15 is 0 Å². The third-order valence-corrected chi connectivity index (χ3v) is 4.15. The van der Waals surface area contributed by atoms with Gasteiger partial charge in [-0.1, -0.05) is 6.92 Å². The molecular formula is C15H24ClN3O. The number of hydrogen-bond donors (Lipinski definition) is 1. The molecule has 5 heteroatoms. The molecule has 4 nitrogen and oxygen atoms in total. The Kier molecular flexibility index (Phi) is 6.96. The molecule has 0 aliphatic carbocycles. The van der Waals surface area contributed by atoms with E-state index in [9.17, 15) is 4.79 Å². The van der Waals surface area contributed by atoms with Gasteiger partial charge < -0.3 is 10.6 Å². The fraction of sp³-hybridized carbons (Fsp3) is 0.600. The third-order valence-electron chi connectivity index (χ3n) is 4.15. The van der Waals surface area contributed by atoms with Gasteiger partial charge in [-0.25, -0.2) is 0 Å². The monoisotopic (exact) mass is 297 g/mol. The second-order valence-corrected chi connectivity index (χ2v) is 5.46. The molecule has 0 saturated carbocycles. The predicted molar refractivity (Wildman–Crippen MR) is 82.7 cm³/mol. The van der Waals surface area contributed by atoms with Crippen LogP contribution in [0.1, 0.15) is 25.3 Å². The number of piperidine rings is 1. The largest absolute Gasteiger partial charge is 0.342 e. The maximum Gasteiger partial charge on any atom is 0.222 e. The van der Waals surface area contributed by atoms with Crippen LogP contribution in [0.4, 0.5) is 0 Å². The number of aromatic nitrogens is 1. The summed E-state index contributed by atoms with van der Waals surface area (Å²) in [6.07, 6.45) is 5.99. The Labute approximate surface area is 127 Å². The lowest BCUT2D eigenvalue weighted by atomic mass is 9.87. The molecule has 1 amide bonds. The zero-order chi connectivity index (χ0) is 13.7. The highest BCUT2D eigenvalue weighted by atomic mass is 35.5. The van der Waals surface area contributed by atoms with Crippen molar-refractivity contribution in [2.45, 2.75) is 26.2 Å². The summed E-state index contributed by atoms with van der Waals surface area (Å²) in [6, 6.07) is 3.93. The molecule has 2 atom stereocenters. The Balaban J connectivity index is 0.00000200. The van der Waals surface area contributed by atoms with Crippen molar-refractivity contribution in [1.29, 1.82) is 0 Å². The summed E-state index contributed by atoms with van der Waals surface area (Å²) in [5, 5.41) is 0. The van der Waals surface area contributed by atoms with Crippen molar-refractivity contribution in [2.24, 2.45) is 17.6 Å². The number of halogens is 1. The van der Waals surface area contributed by atoms with E-state index in [1.54, 1.807) is 12.4 Å². The van der Waals surface area contributed by atoms with E-state index in [0.29, 0.717) is 24.8 Å². The van der Waals surface area contributed by atoms with Gasteiger partial charge in [0.1, 0.15) is 0 Å². The standard InChI is InChI=1S/C15H23N3O.ClH/c1-12-6-9-18(11-14(12)10-16)15(19)3-2-13-4-7-17-8-5-13;/h4-5,7-8,12,14H,2-3,6,9-11,16H2,1H3;1H. The fourth-order valence-electron chi connectivity index (χ4n) is 2.64. The van der Waals surface area contributed by atoms with Gasteiger partial charge in [-0.05, 0) is 48.9 Å². The second kappa shape index (κ2) is 8.22. The molecule has 2 rings (SSSR count). The van der Waals surface area contributed by atoms with E-state index in [1.165, 1.54) is 5.56 Å². The molecule has 2 heterocycles. The molecular weight excluding hydrogens is 274 g/mol. The minimum absolute atomic E-state index is 0. The van der Waals surface area contributed by atoms with E-state index < -0.39 is 0 Å². The van der Waals surface area contributed by atoms with Crippen LogP contribution >= 0.6 is 12.4 Å². The number of amides is 1. The first-order valence-corrected chi connectivity index (χ1v) is 7.07. The minimum Gasteiger partial charge on any atom is -0.342 e. The quantitative estimate of drug-likeness (QED) is 0.923. The lowest BCUT2D eigenvalue weighted by Gasteiger charge is -2.36. The summed E-state index contributed by atoms with van der Waals surface area (Å²) in [5.74, 6) is 1.34. The SMILES string of the molecule is CC1CCN(C(=O)CCc2ccncc2)CC1CN.Cl. The molecule has 1 aliphatic heterocycles. The summed E-state index contributed by atoms with van der Waals surface area (Å²) < 4.78 is 0. The van der Waals surface area contributed by atoms with E-state index in [2.05, 4.69) is 11.9 Å². The molecule has 0 aromatic carbocycles. The van der Waals surface area contributed by atoms with Gasteiger partial charge in [0.2, 0.25) is 5.91 Å². The average Bonchev–Trinajstić information content (AvgIpc) is 2.46. The normalized spacial score (nSPS) is 22.2. The Hall–Kier alpha value is -1.13. The van der Waals surface area contributed by atoms with Gasteiger partial charge in [-0.3, -0.25) is 9.78 Å². The molecule has 0 spiro atoms. The van der Waals surface area contributed by atoms with Gasteiger partial charge in [-0.2, -0.15) is 0 Å². The van der Waals surface area contributed by atoms with Crippen LogP contribution < -0.4 is 5.73 Å². The summed E-state index contributed by atoms with van der Waals surface area (Å²) >= 11 is 0. The molecule has 2 unspecified atom stereocenters. The molecule has 20 heavy (non-hydrogen) atoms. The number of aryl methyl sites for hydroxylation is 1. The first-order chi connectivity index (χ1) is 9.20. The zero-order valence-electron chi connectivity index (χ0n) is 12.0. The van der Waals surface area contributed by atoms with E-state index in [4.69, 9.17) is 5.73 Å². The lowest BCUT2D eigenvalue weighted by molar-refractivity contribution is -0.133. The van der Waals surface area contributed by atoms with Gasteiger partial charge in [0.15, 0.2) is 0 Å². The van der Waals surface area contributed by atoms with Crippen LogP contribution in [0.25, 0.3) is 0 Å². The van der Waals surface area contributed by atoms with Crippen molar-refractivity contribution in [2.75, 3.05) is 19.6 Å². The maximum absolute atomic E-state index is 12.2. The Morgan fingerprint density at radius 3 is 2.80 bits per heavy atom. The molecule has 0 bridgehead atoms. The number of carbonyl (C=O) groups is 1. The molecule has 1 saturated heterocycles. The first kappa shape index (κ1) is 16.9. The number of nitrogens with two attached hydrogens (primary N) is 1. The van der Waals surface area contributed by atoms with Crippen molar-refractivity contribution in [3.63, 3.8) is 0 Å². The Morgan fingerprint density at radius 1 is 1.45 bits per heavy atom. The van der Waals surface area contributed by atoms with Crippen molar-refractivity contribution >= 4 is 18.3 Å². The highest BCUT2D eigenvalue weighted by Crippen LogP contribution is 2.22. The van der Waals surface area contributed by atoms with Gasteiger partial charge in [0.05, 0.1) is 0 Å². The Morgan fingerprint density at radius 2 is 2.15 bits per heavy atom. The molecule has 1 aliphatic rings. The summed E-state index contributed by atoms with van der Waals surface area (Å²) in [5.41, 5.74) is 6.95.